The van der Waals surface area contributed by atoms with Crippen LogP contribution in [0.5, 0.6) is 0 Å². The first kappa shape index (κ1) is 15.3. The van der Waals surface area contributed by atoms with Crippen LogP contribution >= 0.6 is 39.1 Å². The highest BCUT2D eigenvalue weighted by Gasteiger charge is 2.15. The van der Waals surface area contributed by atoms with Crippen LogP contribution in [-0.2, 0) is 0 Å². The highest BCUT2D eigenvalue weighted by Crippen LogP contribution is 2.21. The molecule has 1 N–H and O–H groups in total. The topological polar surface area (TPSA) is 42.0 Å². The molecule has 0 fully saturated rings. The molecule has 0 aliphatic rings. The summed E-state index contributed by atoms with van der Waals surface area (Å²) in [5.74, 6) is -0.281. The van der Waals surface area contributed by atoms with Crippen LogP contribution < -0.4 is 5.32 Å². The molecule has 0 aliphatic heterocycles. The Bertz CT molecular complexity index is 649. The normalized spacial score (nSPS) is 12.0. The number of pyridine rings is 1. The van der Waals surface area contributed by atoms with Gasteiger partial charge in [-0.1, -0.05) is 35.3 Å². The molecule has 0 saturated heterocycles. The molecule has 0 saturated carbocycles. The van der Waals surface area contributed by atoms with Crippen molar-refractivity contribution < 1.29 is 4.79 Å². The lowest BCUT2D eigenvalue weighted by molar-refractivity contribution is 0.0939. The highest BCUT2D eigenvalue weighted by atomic mass is 79.9. The number of rotatable bonds is 3. The fourth-order valence-electron chi connectivity index (χ4n) is 1.72. The highest BCUT2D eigenvalue weighted by molar-refractivity contribution is 9.10. The molecule has 20 heavy (non-hydrogen) atoms. The van der Waals surface area contributed by atoms with Gasteiger partial charge in [-0.05, 0) is 46.6 Å². The Hall–Kier alpha value is -1.10. The van der Waals surface area contributed by atoms with E-state index in [0.29, 0.717) is 15.1 Å². The second-order valence-corrected chi connectivity index (χ2v) is 5.95. The van der Waals surface area contributed by atoms with Crippen LogP contribution in [0.4, 0.5) is 0 Å². The maximum absolute atomic E-state index is 12.2. The van der Waals surface area contributed by atoms with E-state index < -0.39 is 0 Å². The van der Waals surface area contributed by atoms with Crippen LogP contribution in [0.15, 0.2) is 41.0 Å². The Kier molecular flexibility index (Phi) is 5.02. The van der Waals surface area contributed by atoms with Gasteiger partial charge in [0.15, 0.2) is 0 Å². The van der Waals surface area contributed by atoms with Crippen LogP contribution in [0.1, 0.15) is 28.9 Å². The summed E-state index contributed by atoms with van der Waals surface area (Å²) in [6.45, 7) is 1.88. The SMILES string of the molecule is CC(NC(=O)c1cc(Br)cnc1Cl)c1cccc(Cl)c1. The number of aromatic nitrogens is 1. The van der Waals surface area contributed by atoms with E-state index in [0.717, 1.165) is 5.56 Å². The molecule has 104 valence electrons. The third-order valence-electron chi connectivity index (χ3n) is 2.75. The predicted molar refractivity (Wildman–Crippen MR) is 84.3 cm³/mol. The molecule has 0 bridgehead atoms. The van der Waals surface area contributed by atoms with Crippen molar-refractivity contribution in [1.29, 1.82) is 0 Å². The Labute approximate surface area is 135 Å². The van der Waals surface area contributed by atoms with Gasteiger partial charge in [-0.2, -0.15) is 0 Å². The molecule has 1 heterocycles. The summed E-state index contributed by atoms with van der Waals surface area (Å²) < 4.78 is 0.697. The number of benzene rings is 1. The number of nitrogens with one attached hydrogen (secondary N) is 1. The minimum absolute atomic E-state index is 0.170. The first-order valence-corrected chi connectivity index (χ1v) is 7.39. The van der Waals surface area contributed by atoms with Crippen molar-refractivity contribution in [2.75, 3.05) is 0 Å². The first-order valence-electron chi connectivity index (χ1n) is 5.84. The van der Waals surface area contributed by atoms with Gasteiger partial charge in [0, 0.05) is 15.7 Å². The Morgan fingerprint density at radius 2 is 2.10 bits per heavy atom. The van der Waals surface area contributed by atoms with Crippen molar-refractivity contribution in [3.05, 3.63) is 62.3 Å². The molecule has 2 rings (SSSR count). The van der Waals surface area contributed by atoms with Gasteiger partial charge in [0.05, 0.1) is 11.6 Å². The lowest BCUT2D eigenvalue weighted by atomic mass is 10.1. The summed E-state index contributed by atoms with van der Waals surface area (Å²) >= 11 is 15.1. The number of carbonyl (C=O) groups is 1. The predicted octanol–water partition coefficient (Wildman–Crippen LogP) is 4.64. The molecule has 3 nitrogen and oxygen atoms in total. The van der Waals surface area contributed by atoms with Gasteiger partial charge in [-0.3, -0.25) is 4.79 Å². The van der Waals surface area contributed by atoms with Crippen molar-refractivity contribution >= 4 is 45.0 Å². The molecule has 1 amide bonds. The summed E-state index contributed by atoms with van der Waals surface area (Å²) in [6, 6.07) is 8.79. The second-order valence-electron chi connectivity index (χ2n) is 4.24. The zero-order valence-electron chi connectivity index (χ0n) is 10.5. The minimum Gasteiger partial charge on any atom is -0.345 e. The molecule has 0 aliphatic carbocycles. The minimum atomic E-state index is -0.281. The summed E-state index contributed by atoms with van der Waals surface area (Å²) in [5.41, 5.74) is 1.25. The van der Waals surface area contributed by atoms with Gasteiger partial charge >= 0.3 is 0 Å². The van der Waals surface area contributed by atoms with Crippen LogP contribution in [0, 0.1) is 0 Å². The lowest BCUT2D eigenvalue weighted by Gasteiger charge is -2.15. The maximum Gasteiger partial charge on any atom is 0.254 e. The monoisotopic (exact) mass is 372 g/mol. The summed E-state index contributed by atoms with van der Waals surface area (Å²) in [6.07, 6.45) is 1.54. The largest absolute Gasteiger partial charge is 0.345 e. The van der Waals surface area contributed by atoms with Gasteiger partial charge in [0.1, 0.15) is 5.15 Å². The number of hydrogen-bond acceptors (Lipinski definition) is 2. The Morgan fingerprint density at radius 1 is 1.35 bits per heavy atom. The standard InChI is InChI=1S/C14H11BrCl2N2O/c1-8(9-3-2-4-11(16)5-9)19-14(20)12-6-10(15)7-18-13(12)17/h2-8H,1H3,(H,19,20). The van der Waals surface area contributed by atoms with E-state index in [1.807, 2.05) is 25.1 Å². The molecule has 0 spiro atoms. The van der Waals surface area contributed by atoms with Crippen molar-refractivity contribution in [2.45, 2.75) is 13.0 Å². The van der Waals surface area contributed by atoms with Crippen LogP contribution in [-0.4, -0.2) is 10.9 Å². The molecule has 0 radical (unpaired) electrons. The zero-order chi connectivity index (χ0) is 14.7. The van der Waals surface area contributed by atoms with E-state index in [9.17, 15) is 4.79 Å². The van der Waals surface area contributed by atoms with Crippen molar-refractivity contribution in [1.82, 2.24) is 10.3 Å². The van der Waals surface area contributed by atoms with Crippen molar-refractivity contribution in [3.63, 3.8) is 0 Å². The molecule has 2 aromatic rings. The van der Waals surface area contributed by atoms with Crippen molar-refractivity contribution in [2.24, 2.45) is 0 Å². The van der Waals surface area contributed by atoms with E-state index in [1.54, 1.807) is 18.3 Å². The fourth-order valence-corrected chi connectivity index (χ4v) is 2.43. The third-order valence-corrected chi connectivity index (χ3v) is 3.72. The van der Waals surface area contributed by atoms with Gasteiger partial charge in [0.25, 0.3) is 5.91 Å². The van der Waals surface area contributed by atoms with Gasteiger partial charge in [-0.25, -0.2) is 4.98 Å². The van der Waals surface area contributed by atoms with Crippen LogP contribution in [0.2, 0.25) is 10.2 Å². The second kappa shape index (κ2) is 6.57. The zero-order valence-corrected chi connectivity index (χ0v) is 13.6. The molecule has 1 atom stereocenters. The van der Waals surface area contributed by atoms with E-state index in [4.69, 9.17) is 23.2 Å². The average molecular weight is 374 g/mol. The molecular formula is C14H11BrCl2N2O. The van der Waals surface area contributed by atoms with E-state index in [2.05, 4.69) is 26.2 Å². The third kappa shape index (κ3) is 3.72. The van der Waals surface area contributed by atoms with Crippen LogP contribution in [0.25, 0.3) is 0 Å². The van der Waals surface area contributed by atoms with Crippen LogP contribution in [0.3, 0.4) is 0 Å². The molecule has 6 heteroatoms. The first-order chi connectivity index (χ1) is 9.47. The summed E-state index contributed by atoms with van der Waals surface area (Å²) in [4.78, 5) is 16.1. The fraction of sp³-hybridized carbons (Fsp3) is 0.143. The molecule has 1 aromatic heterocycles. The number of carbonyl (C=O) groups excluding carboxylic acids is 1. The van der Waals surface area contributed by atoms with Gasteiger partial charge in [0.2, 0.25) is 0 Å². The van der Waals surface area contributed by atoms with E-state index in [1.165, 1.54) is 0 Å². The van der Waals surface area contributed by atoms with E-state index in [-0.39, 0.29) is 17.1 Å². The smallest absolute Gasteiger partial charge is 0.254 e. The maximum atomic E-state index is 12.2. The number of nitrogens with zero attached hydrogens (tertiary/aromatic N) is 1. The molecule has 1 aromatic carbocycles. The van der Waals surface area contributed by atoms with Gasteiger partial charge in [-0.15, -0.1) is 0 Å². The number of halogens is 3. The van der Waals surface area contributed by atoms with E-state index >= 15 is 0 Å². The quantitative estimate of drug-likeness (QED) is 0.796. The summed E-state index contributed by atoms with van der Waals surface area (Å²) in [5, 5.41) is 3.67. The van der Waals surface area contributed by atoms with Crippen molar-refractivity contribution in [3.8, 4) is 0 Å². The molecule has 1 unspecified atom stereocenters. The molecular weight excluding hydrogens is 363 g/mol. The summed E-state index contributed by atoms with van der Waals surface area (Å²) in [7, 11) is 0. The van der Waals surface area contributed by atoms with Gasteiger partial charge < -0.3 is 5.32 Å². The lowest BCUT2D eigenvalue weighted by Crippen LogP contribution is -2.27. The Balaban J connectivity index is 2.17. The Morgan fingerprint density at radius 3 is 2.80 bits per heavy atom. The number of hydrogen-bond donors (Lipinski definition) is 1. The number of amides is 1. The average Bonchev–Trinajstić information content (AvgIpc) is 2.41.